The number of carboxylic acid groups (broad SMARTS) is 1. The van der Waals surface area contributed by atoms with E-state index in [1.54, 1.807) is 0 Å². The molecule has 1 aliphatic rings. The van der Waals surface area contributed by atoms with Gasteiger partial charge >= 0.3 is 5.97 Å². The standard InChI is InChI=1S/C11H17N3O3/c1-2-10-12-9(13-17-10)7-14-5-3-8(4-6-14)11(15)16/h8H,2-7H2,1H3,(H,15,16). The molecule has 1 aromatic rings. The summed E-state index contributed by atoms with van der Waals surface area (Å²) in [6, 6.07) is 0. The zero-order chi connectivity index (χ0) is 12.3. The average molecular weight is 239 g/mol. The molecule has 17 heavy (non-hydrogen) atoms. The summed E-state index contributed by atoms with van der Waals surface area (Å²) < 4.78 is 5.03. The number of aromatic nitrogens is 2. The summed E-state index contributed by atoms with van der Waals surface area (Å²) >= 11 is 0. The minimum absolute atomic E-state index is 0.192. The second kappa shape index (κ2) is 5.27. The highest BCUT2D eigenvalue weighted by molar-refractivity contribution is 5.70. The minimum atomic E-state index is -0.683. The molecule has 0 aromatic carbocycles. The Morgan fingerprint density at radius 1 is 1.53 bits per heavy atom. The van der Waals surface area contributed by atoms with Gasteiger partial charge < -0.3 is 9.63 Å². The van der Waals surface area contributed by atoms with Gasteiger partial charge in [-0.25, -0.2) is 0 Å². The monoisotopic (exact) mass is 239 g/mol. The summed E-state index contributed by atoms with van der Waals surface area (Å²) in [6.07, 6.45) is 2.15. The van der Waals surface area contributed by atoms with E-state index in [1.807, 2.05) is 6.92 Å². The van der Waals surface area contributed by atoms with E-state index in [9.17, 15) is 4.79 Å². The Morgan fingerprint density at radius 3 is 2.76 bits per heavy atom. The molecule has 1 saturated heterocycles. The van der Waals surface area contributed by atoms with Gasteiger partial charge in [-0.15, -0.1) is 0 Å². The molecule has 0 aliphatic carbocycles. The molecule has 0 bridgehead atoms. The number of hydrogen-bond donors (Lipinski definition) is 1. The van der Waals surface area contributed by atoms with Crippen molar-refractivity contribution in [1.82, 2.24) is 15.0 Å². The number of aliphatic carboxylic acids is 1. The molecule has 0 atom stereocenters. The van der Waals surface area contributed by atoms with Crippen LogP contribution in [0.3, 0.4) is 0 Å². The molecule has 2 rings (SSSR count). The first-order valence-corrected chi connectivity index (χ1v) is 5.95. The SMILES string of the molecule is CCc1nc(CN2CCC(C(=O)O)CC2)no1. The smallest absolute Gasteiger partial charge is 0.306 e. The molecular weight excluding hydrogens is 222 g/mol. The summed E-state index contributed by atoms with van der Waals surface area (Å²) in [4.78, 5) is 17.2. The highest BCUT2D eigenvalue weighted by atomic mass is 16.5. The Balaban J connectivity index is 1.83. The highest BCUT2D eigenvalue weighted by Gasteiger charge is 2.25. The Morgan fingerprint density at radius 2 is 2.24 bits per heavy atom. The summed E-state index contributed by atoms with van der Waals surface area (Å²) in [5.74, 6) is 0.469. The number of rotatable bonds is 4. The van der Waals surface area contributed by atoms with Crippen LogP contribution in [0, 0.1) is 5.92 Å². The molecule has 0 spiro atoms. The van der Waals surface area contributed by atoms with Crippen molar-refractivity contribution in [3.63, 3.8) is 0 Å². The van der Waals surface area contributed by atoms with Gasteiger partial charge in [0.25, 0.3) is 0 Å². The van der Waals surface area contributed by atoms with Crippen molar-refractivity contribution >= 4 is 5.97 Å². The Labute approximate surface area is 99.6 Å². The van der Waals surface area contributed by atoms with E-state index in [2.05, 4.69) is 15.0 Å². The van der Waals surface area contributed by atoms with Gasteiger partial charge in [0, 0.05) is 6.42 Å². The largest absolute Gasteiger partial charge is 0.481 e. The van der Waals surface area contributed by atoms with Gasteiger partial charge in [-0.3, -0.25) is 9.69 Å². The van der Waals surface area contributed by atoms with E-state index < -0.39 is 5.97 Å². The van der Waals surface area contributed by atoms with Gasteiger partial charge in [0.15, 0.2) is 5.82 Å². The van der Waals surface area contributed by atoms with Crippen LogP contribution in [0.1, 0.15) is 31.5 Å². The van der Waals surface area contributed by atoms with Gasteiger partial charge in [0.1, 0.15) is 0 Å². The van der Waals surface area contributed by atoms with Crippen LogP contribution in [-0.4, -0.2) is 39.2 Å². The van der Waals surface area contributed by atoms with Crippen molar-refractivity contribution in [2.75, 3.05) is 13.1 Å². The Kier molecular flexibility index (Phi) is 3.73. The fourth-order valence-corrected chi connectivity index (χ4v) is 2.04. The molecule has 0 unspecified atom stereocenters. The molecule has 1 aromatic heterocycles. The lowest BCUT2D eigenvalue weighted by molar-refractivity contribution is -0.143. The number of carbonyl (C=O) groups is 1. The average Bonchev–Trinajstić information content (AvgIpc) is 2.77. The normalized spacial score (nSPS) is 18.4. The molecule has 0 saturated carbocycles. The third-order valence-electron chi connectivity index (χ3n) is 3.11. The van der Waals surface area contributed by atoms with E-state index in [0.717, 1.165) is 19.5 Å². The van der Waals surface area contributed by atoms with Crippen LogP contribution in [0.4, 0.5) is 0 Å². The van der Waals surface area contributed by atoms with Crippen LogP contribution in [-0.2, 0) is 17.8 Å². The summed E-state index contributed by atoms with van der Waals surface area (Å²) in [7, 11) is 0. The molecule has 94 valence electrons. The summed E-state index contributed by atoms with van der Waals surface area (Å²) in [6.45, 7) is 4.19. The number of likely N-dealkylation sites (tertiary alicyclic amines) is 1. The van der Waals surface area contributed by atoms with Gasteiger partial charge in [-0.1, -0.05) is 12.1 Å². The van der Waals surface area contributed by atoms with Crippen LogP contribution < -0.4 is 0 Å². The van der Waals surface area contributed by atoms with E-state index in [1.165, 1.54) is 0 Å². The van der Waals surface area contributed by atoms with Gasteiger partial charge in [-0.05, 0) is 25.9 Å². The number of nitrogens with zero attached hydrogens (tertiary/aromatic N) is 3. The molecule has 6 heteroatoms. The first-order valence-electron chi connectivity index (χ1n) is 5.95. The fourth-order valence-electron chi connectivity index (χ4n) is 2.04. The van der Waals surface area contributed by atoms with Crippen LogP contribution >= 0.6 is 0 Å². The molecule has 1 aliphatic heterocycles. The van der Waals surface area contributed by atoms with Gasteiger partial charge in [0.2, 0.25) is 5.89 Å². The van der Waals surface area contributed by atoms with Crippen LogP contribution in [0.2, 0.25) is 0 Å². The molecule has 1 N–H and O–H groups in total. The number of hydrogen-bond acceptors (Lipinski definition) is 5. The van der Waals surface area contributed by atoms with E-state index in [4.69, 9.17) is 9.63 Å². The molecule has 6 nitrogen and oxygen atoms in total. The molecule has 2 heterocycles. The maximum absolute atomic E-state index is 10.8. The quantitative estimate of drug-likeness (QED) is 0.842. The lowest BCUT2D eigenvalue weighted by Crippen LogP contribution is -2.36. The number of piperidine rings is 1. The zero-order valence-corrected chi connectivity index (χ0v) is 9.93. The van der Waals surface area contributed by atoms with E-state index >= 15 is 0 Å². The van der Waals surface area contributed by atoms with Crippen molar-refractivity contribution in [2.24, 2.45) is 5.92 Å². The molecular formula is C11H17N3O3. The first-order chi connectivity index (χ1) is 8.19. The third-order valence-corrected chi connectivity index (χ3v) is 3.11. The fraction of sp³-hybridized carbons (Fsp3) is 0.727. The second-order valence-electron chi connectivity index (χ2n) is 4.35. The molecule has 0 radical (unpaired) electrons. The maximum Gasteiger partial charge on any atom is 0.306 e. The van der Waals surface area contributed by atoms with Crippen molar-refractivity contribution in [3.05, 3.63) is 11.7 Å². The van der Waals surface area contributed by atoms with Crippen LogP contribution in [0.25, 0.3) is 0 Å². The number of aryl methyl sites for hydroxylation is 1. The van der Waals surface area contributed by atoms with Crippen molar-refractivity contribution in [2.45, 2.75) is 32.7 Å². The maximum atomic E-state index is 10.8. The van der Waals surface area contributed by atoms with Crippen molar-refractivity contribution in [1.29, 1.82) is 0 Å². The van der Waals surface area contributed by atoms with E-state index in [0.29, 0.717) is 31.1 Å². The summed E-state index contributed by atoms with van der Waals surface area (Å²) in [5.41, 5.74) is 0. The van der Waals surface area contributed by atoms with Crippen LogP contribution in [0.5, 0.6) is 0 Å². The minimum Gasteiger partial charge on any atom is -0.481 e. The Hall–Kier alpha value is -1.43. The Bertz CT molecular complexity index is 383. The number of carboxylic acids is 1. The van der Waals surface area contributed by atoms with E-state index in [-0.39, 0.29) is 5.92 Å². The highest BCUT2D eigenvalue weighted by Crippen LogP contribution is 2.18. The van der Waals surface area contributed by atoms with Crippen molar-refractivity contribution in [3.8, 4) is 0 Å². The van der Waals surface area contributed by atoms with Crippen LogP contribution in [0.15, 0.2) is 4.52 Å². The van der Waals surface area contributed by atoms with Crippen molar-refractivity contribution < 1.29 is 14.4 Å². The summed E-state index contributed by atoms with van der Waals surface area (Å²) in [5, 5.41) is 12.8. The molecule has 1 fully saturated rings. The predicted octanol–water partition coefficient (Wildman–Crippen LogP) is 0.929. The molecule has 0 amide bonds. The lowest BCUT2D eigenvalue weighted by atomic mass is 9.97. The van der Waals surface area contributed by atoms with Gasteiger partial charge in [0.05, 0.1) is 12.5 Å². The third kappa shape index (κ3) is 3.03. The predicted molar refractivity (Wildman–Crippen MR) is 59.3 cm³/mol. The second-order valence-corrected chi connectivity index (χ2v) is 4.35. The topological polar surface area (TPSA) is 79.5 Å². The zero-order valence-electron chi connectivity index (χ0n) is 9.93. The lowest BCUT2D eigenvalue weighted by Gasteiger charge is -2.28. The van der Waals surface area contributed by atoms with Gasteiger partial charge in [-0.2, -0.15) is 4.98 Å². The first kappa shape index (κ1) is 12.0.